The van der Waals surface area contributed by atoms with Crippen molar-refractivity contribution in [2.45, 2.75) is 18.9 Å². The van der Waals surface area contributed by atoms with Crippen LogP contribution in [0.1, 0.15) is 12.0 Å². The summed E-state index contributed by atoms with van der Waals surface area (Å²) < 4.78 is 5.03. The number of hydrogen-bond donors (Lipinski definition) is 1. The fraction of sp³-hybridized carbons (Fsp3) is 0.375. The van der Waals surface area contributed by atoms with Crippen molar-refractivity contribution in [1.82, 2.24) is 10.2 Å². The molecule has 1 N–H and O–H groups in total. The van der Waals surface area contributed by atoms with Crippen molar-refractivity contribution in [2.75, 3.05) is 19.7 Å². The first kappa shape index (κ1) is 15.3. The summed E-state index contributed by atoms with van der Waals surface area (Å²) >= 11 is 0. The highest BCUT2D eigenvalue weighted by molar-refractivity contribution is 5.93. The Hall–Kier alpha value is -2.14. The van der Waals surface area contributed by atoms with Crippen LogP contribution in [0.4, 0.5) is 4.79 Å². The number of nitrogens with zero attached hydrogens (tertiary/aromatic N) is 1. The number of ether oxygens (including phenoxy) is 1. The molecule has 1 saturated heterocycles. The van der Waals surface area contributed by atoms with Crippen LogP contribution in [0, 0.1) is 0 Å². The fourth-order valence-corrected chi connectivity index (χ4v) is 2.32. The number of hydrogen-bond acceptors (Lipinski definition) is 4. The van der Waals surface area contributed by atoms with Gasteiger partial charge in [-0.2, -0.15) is 0 Å². The number of carbonyl (C=O) groups excluding carboxylic acids is 2. The van der Waals surface area contributed by atoms with Crippen molar-refractivity contribution in [3.05, 3.63) is 48.6 Å². The molecule has 5 heteroatoms. The number of carbonyl (C=O) groups is 2. The number of imide groups is 1. The first-order valence-electron chi connectivity index (χ1n) is 7.06. The lowest BCUT2D eigenvalue weighted by atomic mass is 10.1. The van der Waals surface area contributed by atoms with Crippen molar-refractivity contribution >= 4 is 12.0 Å². The maximum atomic E-state index is 12.2. The third kappa shape index (κ3) is 4.16. The van der Waals surface area contributed by atoms with Gasteiger partial charge in [-0.15, -0.1) is 6.58 Å². The molecule has 1 aromatic carbocycles. The van der Waals surface area contributed by atoms with Gasteiger partial charge in [0.1, 0.15) is 6.61 Å². The van der Waals surface area contributed by atoms with Gasteiger partial charge in [0.05, 0.1) is 6.04 Å². The first-order chi connectivity index (χ1) is 10.2. The van der Waals surface area contributed by atoms with Crippen molar-refractivity contribution in [1.29, 1.82) is 0 Å². The van der Waals surface area contributed by atoms with E-state index in [9.17, 15) is 9.59 Å². The van der Waals surface area contributed by atoms with E-state index in [2.05, 4.69) is 11.9 Å². The second-order valence-electron chi connectivity index (χ2n) is 4.93. The van der Waals surface area contributed by atoms with E-state index in [1.165, 1.54) is 4.90 Å². The highest BCUT2D eigenvalue weighted by Crippen LogP contribution is 2.18. The van der Waals surface area contributed by atoms with E-state index in [4.69, 9.17) is 4.74 Å². The minimum Gasteiger partial charge on any atom is -0.447 e. The van der Waals surface area contributed by atoms with E-state index in [-0.39, 0.29) is 25.0 Å². The quantitative estimate of drug-likeness (QED) is 0.613. The Labute approximate surface area is 124 Å². The first-order valence-corrected chi connectivity index (χ1v) is 7.06. The second kappa shape index (κ2) is 7.59. The minimum atomic E-state index is -0.537. The van der Waals surface area contributed by atoms with Gasteiger partial charge in [0.2, 0.25) is 5.91 Å². The highest BCUT2D eigenvalue weighted by Gasteiger charge is 2.37. The van der Waals surface area contributed by atoms with Crippen LogP contribution in [0.3, 0.4) is 0 Å². The molecule has 0 aromatic heterocycles. The molecule has 21 heavy (non-hydrogen) atoms. The Morgan fingerprint density at radius 3 is 2.90 bits per heavy atom. The molecule has 0 aliphatic carbocycles. The number of rotatable bonds is 7. The molecule has 112 valence electrons. The van der Waals surface area contributed by atoms with E-state index in [1.807, 2.05) is 30.3 Å². The van der Waals surface area contributed by atoms with Gasteiger partial charge in [0.25, 0.3) is 0 Å². The summed E-state index contributed by atoms with van der Waals surface area (Å²) in [5, 5.41) is 3.05. The van der Waals surface area contributed by atoms with Gasteiger partial charge >= 0.3 is 6.09 Å². The fourth-order valence-electron chi connectivity index (χ4n) is 2.32. The molecule has 1 aliphatic heterocycles. The summed E-state index contributed by atoms with van der Waals surface area (Å²) in [5.74, 6) is -0.199. The average molecular weight is 288 g/mol. The average Bonchev–Trinajstić information content (AvgIpc) is 2.85. The molecule has 0 spiro atoms. The summed E-state index contributed by atoms with van der Waals surface area (Å²) in [6, 6.07) is 9.57. The Morgan fingerprint density at radius 1 is 1.43 bits per heavy atom. The van der Waals surface area contributed by atoms with Gasteiger partial charge in [0.15, 0.2) is 0 Å². The predicted molar refractivity (Wildman–Crippen MR) is 79.8 cm³/mol. The molecule has 0 radical (unpaired) electrons. The van der Waals surface area contributed by atoms with Crippen molar-refractivity contribution < 1.29 is 14.3 Å². The summed E-state index contributed by atoms with van der Waals surface area (Å²) in [7, 11) is 0. The van der Waals surface area contributed by atoms with Crippen LogP contribution >= 0.6 is 0 Å². The minimum absolute atomic E-state index is 0.199. The van der Waals surface area contributed by atoms with Crippen LogP contribution in [0.15, 0.2) is 43.0 Å². The Kier molecular flexibility index (Phi) is 5.51. The number of nitrogens with one attached hydrogen (secondary N) is 1. The SMILES string of the molecule is C=CCNCCC(=O)N1C(=O)OC[C@H]1Cc1ccccc1. The zero-order chi connectivity index (χ0) is 15.1. The molecule has 5 nitrogen and oxygen atoms in total. The maximum absolute atomic E-state index is 12.2. The van der Waals surface area contributed by atoms with Crippen molar-refractivity contribution in [3.8, 4) is 0 Å². The monoisotopic (exact) mass is 288 g/mol. The number of benzene rings is 1. The molecule has 1 heterocycles. The second-order valence-corrected chi connectivity index (χ2v) is 4.93. The zero-order valence-corrected chi connectivity index (χ0v) is 12.0. The molecule has 1 aromatic rings. The van der Waals surface area contributed by atoms with Crippen molar-refractivity contribution in [3.63, 3.8) is 0 Å². The Morgan fingerprint density at radius 2 is 2.19 bits per heavy atom. The van der Waals surface area contributed by atoms with Gasteiger partial charge in [-0.25, -0.2) is 9.69 Å². The smallest absolute Gasteiger partial charge is 0.416 e. The standard InChI is InChI=1S/C16H20N2O3/c1-2-9-17-10-8-15(19)18-14(12-21-16(18)20)11-13-6-4-3-5-7-13/h2-7,14,17H,1,8-12H2/t14-/m1/s1. The van der Waals surface area contributed by atoms with Crippen LogP contribution < -0.4 is 5.32 Å². The van der Waals surface area contributed by atoms with Crippen LogP contribution in [-0.2, 0) is 16.0 Å². The third-order valence-corrected chi connectivity index (χ3v) is 3.35. The Balaban J connectivity index is 1.93. The summed E-state index contributed by atoms with van der Waals surface area (Å²) in [6.07, 6.45) is 2.09. The predicted octanol–water partition coefficient (Wildman–Crippen LogP) is 1.74. The summed E-state index contributed by atoms with van der Waals surface area (Å²) in [6.45, 7) is 5.02. The molecular formula is C16H20N2O3. The number of cyclic esters (lactones) is 1. The van der Waals surface area contributed by atoms with Crippen LogP contribution in [0.5, 0.6) is 0 Å². The molecule has 1 aliphatic rings. The van der Waals surface area contributed by atoms with Gasteiger partial charge in [0, 0.05) is 19.5 Å². The summed E-state index contributed by atoms with van der Waals surface area (Å²) in [5.41, 5.74) is 1.09. The molecule has 2 rings (SSSR count). The van der Waals surface area contributed by atoms with Crippen molar-refractivity contribution in [2.24, 2.45) is 0 Å². The van der Waals surface area contributed by atoms with Crippen LogP contribution in [0.25, 0.3) is 0 Å². The molecule has 0 bridgehead atoms. The van der Waals surface area contributed by atoms with Gasteiger partial charge < -0.3 is 10.1 Å². The number of amides is 2. The largest absolute Gasteiger partial charge is 0.447 e. The summed E-state index contributed by atoms with van der Waals surface area (Å²) in [4.78, 5) is 25.2. The topological polar surface area (TPSA) is 58.6 Å². The van der Waals surface area contributed by atoms with E-state index in [1.54, 1.807) is 6.08 Å². The van der Waals surface area contributed by atoms with E-state index < -0.39 is 6.09 Å². The lowest BCUT2D eigenvalue weighted by Crippen LogP contribution is -2.41. The van der Waals surface area contributed by atoms with E-state index in [0.29, 0.717) is 19.5 Å². The van der Waals surface area contributed by atoms with Gasteiger partial charge in [-0.1, -0.05) is 36.4 Å². The molecule has 2 amide bonds. The lowest BCUT2D eigenvalue weighted by Gasteiger charge is -2.19. The third-order valence-electron chi connectivity index (χ3n) is 3.35. The zero-order valence-electron chi connectivity index (χ0n) is 12.0. The normalized spacial score (nSPS) is 17.6. The Bertz CT molecular complexity index is 502. The van der Waals surface area contributed by atoms with E-state index >= 15 is 0 Å². The molecule has 1 atom stereocenters. The van der Waals surface area contributed by atoms with Gasteiger partial charge in [-0.05, 0) is 12.0 Å². The van der Waals surface area contributed by atoms with Crippen LogP contribution in [0.2, 0.25) is 0 Å². The lowest BCUT2D eigenvalue weighted by molar-refractivity contribution is -0.129. The molecule has 1 fully saturated rings. The van der Waals surface area contributed by atoms with Crippen LogP contribution in [-0.4, -0.2) is 42.6 Å². The van der Waals surface area contributed by atoms with E-state index in [0.717, 1.165) is 5.56 Å². The highest BCUT2D eigenvalue weighted by atomic mass is 16.6. The molecule has 0 saturated carbocycles. The maximum Gasteiger partial charge on any atom is 0.416 e. The van der Waals surface area contributed by atoms with Gasteiger partial charge in [-0.3, -0.25) is 4.79 Å². The molecular weight excluding hydrogens is 268 g/mol. The molecule has 0 unspecified atom stereocenters.